The summed E-state index contributed by atoms with van der Waals surface area (Å²) >= 11 is 0. The highest BCUT2D eigenvalue weighted by Gasteiger charge is 2.40. The van der Waals surface area contributed by atoms with Gasteiger partial charge in [-0.1, -0.05) is 19.1 Å². The number of aryl methyl sites for hydroxylation is 2. The third-order valence-electron chi connectivity index (χ3n) is 4.44. The fourth-order valence-electron chi connectivity index (χ4n) is 3.16. The van der Waals surface area contributed by atoms with Crippen LogP contribution in [0, 0.1) is 13.8 Å². The number of hydrogen-bond donors (Lipinski definition) is 0. The van der Waals surface area contributed by atoms with E-state index in [1.807, 2.05) is 50.2 Å². The molecule has 0 aliphatic heterocycles. The Balaban J connectivity index is 2.23. The maximum atomic E-state index is 6.02. The number of methoxy groups -OCH3 is 1. The lowest BCUT2D eigenvalue weighted by atomic mass is 9.74. The number of benzene rings is 1. The molecule has 3 heteroatoms. The molecule has 0 bridgehead atoms. The minimum absolute atomic E-state index is 0.436. The van der Waals surface area contributed by atoms with Crippen molar-refractivity contribution >= 4 is 0 Å². The smallest absolute Gasteiger partial charge is 0.122 e. The molecule has 120 valence electrons. The van der Waals surface area contributed by atoms with E-state index < -0.39 is 5.41 Å². The molecule has 23 heavy (non-hydrogen) atoms. The largest absolute Gasteiger partial charge is 0.497 e. The standard InChI is InChI=1S/C20H22O3/c1-5-20(18-12-6-14(2)22-18,19-13-7-15(3)23-19)16-8-10-17(21-4)11-9-16/h6-13H,5H2,1-4H3. The summed E-state index contributed by atoms with van der Waals surface area (Å²) in [7, 11) is 1.67. The summed E-state index contributed by atoms with van der Waals surface area (Å²) in [5.74, 6) is 4.43. The average Bonchev–Trinajstić information content (AvgIpc) is 3.19. The summed E-state index contributed by atoms with van der Waals surface area (Å²) in [6.45, 7) is 6.08. The fourth-order valence-corrected chi connectivity index (χ4v) is 3.16. The minimum Gasteiger partial charge on any atom is -0.497 e. The van der Waals surface area contributed by atoms with Crippen LogP contribution in [0.2, 0.25) is 0 Å². The van der Waals surface area contributed by atoms with Crippen molar-refractivity contribution in [2.75, 3.05) is 7.11 Å². The third-order valence-corrected chi connectivity index (χ3v) is 4.44. The highest BCUT2D eigenvalue weighted by Crippen LogP contribution is 2.43. The van der Waals surface area contributed by atoms with Crippen LogP contribution in [0.5, 0.6) is 5.75 Å². The van der Waals surface area contributed by atoms with Gasteiger partial charge in [0.05, 0.1) is 7.11 Å². The number of furan rings is 2. The second kappa shape index (κ2) is 5.99. The molecule has 2 heterocycles. The van der Waals surface area contributed by atoms with E-state index in [9.17, 15) is 0 Å². The summed E-state index contributed by atoms with van der Waals surface area (Å²) in [6, 6.07) is 16.2. The van der Waals surface area contributed by atoms with E-state index >= 15 is 0 Å². The lowest BCUT2D eigenvalue weighted by Crippen LogP contribution is -2.27. The monoisotopic (exact) mass is 310 g/mol. The van der Waals surface area contributed by atoms with Gasteiger partial charge in [-0.2, -0.15) is 0 Å². The highest BCUT2D eigenvalue weighted by atomic mass is 16.5. The molecule has 0 N–H and O–H groups in total. The molecule has 0 amide bonds. The van der Waals surface area contributed by atoms with Gasteiger partial charge >= 0.3 is 0 Å². The van der Waals surface area contributed by atoms with E-state index in [0.717, 1.165) is 40.8 Å². The summed E-state index contributed by atoms with van der Waals surface area (Å²) in [5, 5.41) is 0. The van der Waals surface area contributed by atoms with Crippen LogP contribution in [0.1, 0.15) is 41.9 Å². The second-order valence-electron chi connectivity index (χ2n) is 5.81. The van der Waals surface area contributed by atoms with Crippen molar-refractivity contribution in [3.8, 4) is 5.75 Å². The molecular formula is C20H22O3. The van der Waals surface area contributed by atoms with Gasteiger partial charge in [0.15, 0.2) is 0 Å². The molecule has 0 saturated carbocycles. The molecule has 0 aliphatic rings. The van der Waals surface area contributed by atoms with Crippen LogP contribution >= 0.6 is 0 Å². The molecule has 0 fully saturated rings. The molecule has 3 nitrogen and oxygen atoms in total. The first-order valence-corrected chi connectivity index (χ1v) is 7.88. The Hall–Kier alpha value is -2.42. The summed E-state index contributed by atoms with van der Waals surface area (Å²) in [4.78, 5) is 0. The molecule has 0 aliphatic carbocycles. The van der Waals surface area contributed by atoms with Gasteiger partial charge in [0.2, 0.25) is 0 Å². The molecule has 3 aromatic rings. The van der Waals surface area contributed by atoms with Crippen molar-refractivity contribution in [2.45, 2.75) is 32.6 Å². The summed E-state index contributed by atoms with van der Waals surface area (Å²) in [5.41, 5.74) is 0.693. The highest BCUT2D eigenvalue weighted by molar-refractivity contribution is 5.45. The Labute approximate surface area is 136 Å². The molecule has 2 aromatic heterocycles. The minimum atomic E-state index is -0.436. The second-order valence-corrected chi connectivity index (χ2v) is 5.81. The summed E-state index contributed by atoms with van der Waals surface area (Å²) < 4.78 is 17.3. The Bertz CT molecular complexity index is 737. The van der Waals surface area contributed by atoms with E-state index in [2.05, 4.69) is 19.1 Å². The zero-order valence-corrected chi connectivity index (χ0v) is 14.1. The normalized spacial score (nSPS) is 11.7. The van der Waals surface area contributed by atoms with Crippen LogP contribution < -0.4 is 4.74 Å². The Morgan fingerprint density at radius 3 is 1.70 bits per heavy atom. The third kappa shape index (κ3) is 2.56. The summed E-state index contributed by atoms with van der Waals surface area (Å²) in [6.07, 6.45) is 0.833. The quantitative estimate of drug-likeness (QED) is 0.646. The Kier molecular flexibility index (Phi) is 4.03. The molecule has 1 aromatic carbocycles. The number of ether oxygens (including phenoxy) is 1. The Morgan fingerprint density at radius 1 is 0.826 bits per heavy atom. The molecule has 0 atom stereocenters. The lowest BCUT2D eigenvalue weighted by Gasteiger charge is -2.29. The van der Waals surface area contributed by atoms with E-state index in [-0.39, 0.29) is 0 Å². The number of rotatable bonds is 5. The van der Waals surface area contributed by atoms with Crippen LogP contribution in [0.3, 0.4) is 0 Å². The first-order chi connectivity index (χ1) is 11.1. The van der Waals surface area contributed by atoms with Crippen molar-refractivity contribution in [1.29, 1.82) is 0 Å². The zero-order chi connectivity index (χ0) is 16.4. The van der Waals surface area contributed by atoms with Crippen molar-refractivity contribution in [3.63, 3.8) is 0 Å². The van der Waals surface area contributed by atoms with Gasteiger partial charge < -0.3 is 13.6 Å². The zero-order valence-electron chi connectivity index (χ0n) is 14.1. The van der Waals surface area contributed by atoms with Gasteiger partial charge in [-0.25, -0.2) is 0 Å². The predicted octanol–water partition coefficient (Wildman–Crippen LogP) is 5.24. The first kappa shape index (κ1) is 15.5. The molecule has 0 saturated heterocycles. The maximum absolute atomic E-state index is 6.02. The van der Waals surface area contributed by atoms with Crippen LogP contribution in [0.25, 0.3) is 0 Å². The van der Waals surface area contributed by atoms with Crippen molar-refractivity contribution in [3.05, 3.63) is 77.1 Å². The van der Waals surface area contributed by atoms with Gasteiger partial charge in [0, 0.05) is 0 Å². The van der Waals surface area contributed by atoms with Crippen LogP contribution in [0.15, 0.2) is 57.4 Å². The maximum Gasteiger partial charge on any atom is 0.122 e. The van der Waals surface area contributed by atoms with Crippen molar-refractivity contribution in [2.24, 2.45) is 0 Å². The molecular weight excluding hydrogens is 288 g/mol. The average molecular weight is 310 g/mol. The van der Waals surface area contributed by atoms with E-state index in [0.29, 0.717) is 0 Å². The molecule has 0 unspecified atom stereocenters. The lowest BCUT2D eigenvalue weighted by molar-refractivity contribution is 0.343. The number of hydrogen-bond acceptors (Lipinski definition) is 3. The fraction of sp³-hybridized carbons (Fsp3) is 0.300. The van der Waals surface area contributed by atoms with Crippen LogP contribution in [-0.4, -0.2) is 7.11 Å². The van der Waals surface area contributed by atoms with Crippen molar-refractivity contribution < 1.29 is 13.6 Å². The topological polar surface area (TPSA) is 35.5 Å². The van der Waals surface area contributed by atoms with Gasteiger partial charge in [-0.05, 0) is 62.2 Å². The Morgan fingerprint density at radius 2 is 1.35 bits per heavy atom. The van der Waals surface area contributed by atoms with Gasteiger partial charge in [-0.15, -0.1) is 0 Å². The SMILES string of the molecule is CCC(c1ccc(OC)cc1)(c1ccc(C)o1)c1ccc(C)o1. The first-order valence-electron chi connectivity index (χ1n) is 7.88. The molecule has 3 rings (SSSR count). The molecule has 0 radical (unpaired) electrons. The van der Waals surface area contributed by atoms with Crippen LogP contribution in [-0.2, 0) is 5.41 Å². The van der Waals surface area contributed by atoms with E-state index in [1.165, 1.54) is 0 Å². The van der Waals surface area contributed by atoms with Gasteiger partial charge in [-0.3, -0.25) is 0 Å². The van der Waals surface area contributed by atoms with Gasteiger partial charge in [0.25, 0.3) is 0 Å². The van der Waals surface area contributed by atoms with Crippen molar-refractivity contribution in [1.82, 2.24) is 0 Å². The molecule has 0 spiro atoms. The van der Waals surface area contributed by atoms with E-state index in [1.54, 1.807) is 7.11 Å². The van der Waals surface area contributed by atoms with Gasteiger partial charge in [0.1, 0.15) is 34.2 Å². The van der Waals surface area contributed by atoms with Crippen LogP contribution in [0.4, 0.5) is 0 Å². The van der Waals surface area contributed by atoms with E-state index in [4.69, 9.17) is 13.6 Å². The predicted molar refractivity (Wildman–Crippen MR) is 90.1 cm³/mol.